The van der Waals surface area contributed by atoms with Gasteiger partial charge in [0.15, 0.2) is 5.03 Å². The van der Waals surface area contributed by atoms with E-state index in [1.54, 1.807) is 0 Å². The van der Waals surface area contributed by atoms with Crippen molar-refractivity contribution in [3.05, 3.63) is 10.1 Å². The van der Waals surface area contributed by atoms with Crippen LogP contribution in [0.1, 0.15) is 0 Å². The average Bonchev–Trinajstić information content (AvgIpc) is 2.13. The van der Waals surface area contributed by atoms with Crippen LogP contribution < -0.4 is 5.73 Å². The van der Waals surface area contributed by atoms with Crippen molar-refractivity contribution >= 4 is 6.21 Å². The predicted molar refractivity (Wildman–Crippen MR) is 30.2 cm³/mol. The van der Waals surface area contributed by atoms with E-state index in [9.17, 15) is 10.1 Å². The molecule has 0 aliphatic carbocycles. The van der Waals surface area contributed by atoms with Crippen LogP contribution in [0.15, 0.2) is 4.99 Å². The lowest BCUT2D eigenvalue weighted by atomic mass is 10.7. The second-order valence-electron chi connectivity index (χ2n) is 1.61. The van der Waals surface area contributed by atoms with Crippen molar-refractivity contribution < 1.29 is 5.03 Å². The zero-order chi connectivity index (χ0) is 6.85. The Morgan fingerprint density at radius 3 is 2.89 bits per heavy atom. The summed E-state index contributed by atoms with van der Waals surface area (Å²) >= 11 is 0. The topological polar surface area (TPSA) is 84.8 Å². The molecule has 0 bridgehead atoms. The first-order chi connectivity index (χ1) is 4.22. The van der Waals surface area contributed by atoms with Crippen LogP contribution in [0, 0.1) is 10.1 Å². The van der Waals surface area contributed by atoms with Gasteiger partial charge in [0.2, 0.25) is 6.29 Å². The molecular formula is C3H6N4O2. The third-order valence-electron chi connectivity index (χ3n) is 1.04. The largest absolute Gasteiger partial charge is 0.288 e. The van der Waals surface area contributed by atoms with Gasteiger partial charge in [-0.1, -0.05) is 5.01 Å². The standard InChI is InChI=1S/C3H6N4O2/c4-3-5-1-2-6(3)7(8)9/h1,3H,2,4H2. The Morgan fingerprint density at radius 1 is 2.00 bits per heavy atom. The second kappa shape index (κ2) is 1.98. The number of nitro groups is 1. The van der Waals surface area contributed by atoms with Crippen molar-refractivity contribution in [3.8, 4) is 0 Å². The van der Waals surface area contributed by atoms with E-state index < -0.39 is 11.3 Å². The molecule has 6 heteroatoms. The molecule has 0 saturated carbocycles. The number of nitrogens with zero attached hydrogens (tertiary/aromatic N) is 3. The van der Waals surface area contributed by atoms with Crippen molar-refractivity contribution in [3.63, 3.8) is 0 Å². The molecule has 0 aromatic carbocycles. The molecule has 50 valence electrons. The maximum atomic E-state index is 9.98. The van der Waals surface area contributed by atoms with E-state index in [-0.39, 0.29) is 6.54 Å². The maximum absolute atomic E-state index is 9.98. The summed E-state index contributed by atoms with van der Waals surface area (Å²) in [7, 11) is 0. The van der Waals surface area contributed by atoms with E-state index >= 15 is 0 Å². The van der Waals surface area contributed by atoms with Crippen LogP contribution in [0.2, 0.25) is 0 Å². The molecule has 1 rings (SSSR count). The fourth-order valence-corrected chi connectivity index (χ4v) is 0.587. The molecule has 0 aromatic heterocycles. The first kappa shape index (κ1) is 5.96. The monoisotopic (exact) mass is 130 g/mol. The molecular weight excluding hydrogens is 124 g/mol. The van der Waals surface area contributed by atoms with E-state index in [4.69, 9.17) is 5.73 Å². The molecule has 0 radical (unpaired) electrons. The van der Waals surface area contributed by atoms with Crippen LogP contribution in [0.3, 0.4) is 0 Å². The fourth-order valence-electron chi connectivity index (χ4n) is 0.587. The molecule has 0 aromatic rings. The summed E-state index contributed by atoms with van der Waals surface area (Å²) in [6, 6.07) is 0. The van der Waals surface area contributed by atoms with Gasteiger partial charge in [0.05, 0.1) is 0 Å². The molecule has 0 fully saturated rings. The van der Waals surface area contributed by atoms with Crippen LogP contribution in [0.25, 0.3) is 0 Å². The summed E-state index contributed by atoms with van der Waals surface area (Å²) in [5.74, 6) is 0. The van der Waals surface area contributed by atoms with Gasteiger partial charge in [0.25, 0.3) is 0 Å². The molecule has 2 N–H and O–H groups in total. The quantitative estimate of drug-likeness (QED) is 0.357. The van der Waals surface area contributed by atoms with Gasteiger partial charge in [-0.25, -0.2) is 10.1 Å². The fraction of sp³-hybridized carbons (Fsp3) is 0.667. The molecule has 1 unspecified atom stereocenters. The molecule has 0 spiro atoms. The number of rotatable bonds is 1. The zero-order valence-electron chi connectivity index (χ0n) is 4.60. The predicted octanol–water partition coefficient (Wildman–Crippen LogP) is -1.19. The minimum Gasteiger partial charge on any atom is -0.288 e. The Hall–Kier alpha value is -1.17. The highest BCUT2D eigenvalue weighted by Crippen LogP contribution is 1.98. The van der Waals surface area contributed by atoms with Crippen molar-refractivity contribution in [1.82, 2.24) is 5.01 Å². The molecule has 9 heavy (non-hydrogen) atoms. The number of hydrogen-bond acceptors (Lipinski definition) is 4. The van der Waals surface area contributed by atoms with Crippen molar-refractivity contribution in [1.29, 1.82) is 0 Å². The van der Waals surface area contributed by atoms with Gasteiger partial charge in [0.1, 0.15) is 6.54 Å². The third-order valence-corrected chi connectivity index (χ3v) is 1.04. The van der Waals surface area contributed by atoms with Gasteiger partial charge < -0.3 is 0 Å². The number of nitrogens with two attached hydrogens (primary N) is 1. The average molecular weight is 130 g/mol. The lowest BCUT2D eigenvalue weighted by Crippen LogP contribution is -2.40. The first-order valence-corrected chi connectivity index (χ1v) is 2.40. The van der Waals surface area contributed by atoms with Gasteiger partial charge in [-0.05, 0) is 0 Å². The zero-order valence-corrected chi connectivity index (χ0v) is 4.60. The van der Waals surface area contributed by atoms with Crippen molar-refractivity contribution in [2.24, 2.45) is 10.7 Å². The van der Waals surface area contributed by atoms with Gasteiger partial charge in [-0.15, -0.1) is 0 Å². The normalized spacial score (nSPS) is 25.0. The molecule has 0 amide bonds. The highest BCUT2D eigenvalue weighted by Gasteiger charge is 2.24. The third kappa shape index (κ3) is 0.968. The summed E-state index contributed by atoms with van der Waals surface area (Å²) in [5, 5.41) is 10.3. The molecule has 0 saturated heterocycles. The van der Waals surface area contributed by atoms with Crippen LogP contribution in [-0.4, -0.2) is 29.1 Å². The lowest BCUT2D eigenvalue weighted by Gasteiger charge is -2.08. The highest BCUT2D eigenvalue weighted by atomic mass is 16.7. The molecule has 1 heterocycles. The van der Waals surface area contributed by atoms with E-state index in [1.807, 2.05) is 0 Å². The number of aliphatic imine (C=N–C) groups is 1. The molecule has 1 aliphatic heterocycles. The summed E-state index contributed by atoms with van der Waals surface area (Å²) in [6.45, 7) is 0.203. The smallest absolute Gasteiger partial charge is 0.229 e. The molecule has 1 atom stereocenters. The van der Waals surface area contributed by atoms with Gasteiger partial charge >= 0.3 is 0 Å². The summed E-state index contributed by atoms with van der Waals surface area (Å²) in [4.78, 5) is 13.6. The Balaban J connectivity index is 2.55. The summed E-state index contributed by atoms with van der Waals surface area (Å²) in [6.07, 6.45) is 0.632. The van der Waals surface area contributed by atoms with Crippen LogP contribution in [0.5, 0.6) is 0 Å². The molecule has 6 nitrogen and oxygen atoms in total. The second-order valence-corrected chi connectivity index (χ2v) is 1.61. The molecule has 1 aliphatic rings. The van der Waals surface area contributed by atoms with Crippen LogP contribution >= 0.6 is 0 Å². The van der Waals surface area contributed by atoms with E-state index in [1.165, 1.54) is 6.21 Å². The Kier molecular flexibility index (Phi) is 1.31. The highest BCUT2D eigenvalue weighted by molar-refractivity contribution is 5.61. The SMILES string of the molecule is NC1N=CCN1[N+](=O)[O-]. The van der Waals surface area contributed by atoms with Crippen LogP contribution in [0.4, 0.5) is 0 Å². The first-order valence-electron chi connectivity index (χ1n) is 2.40. The number of hydrazine groups is 1. The lowest BCUT2D eigenvalue weighted by molar-refractivity contribution is -0.658. The summed E-state index contributed by atoms with van der Waals surface area (Å²) < 4.78 is 0. The Morgan fingerprint density at radius 2 is 2.67 bits per heavy atom. The Bertz CT molecular complexity index is 156. The maximum Gasteiger partial charge on any atom is 0.229 e. The van der Waals surface area contributed by atoms with Crippen molar-refractivity contribution in [2.75, 3.05) is 6.54 Å². The van der Waals surface area contributed by atoms with Gasteiger partial charge in [-0.3, -0.25) is 10.7 Å². The summed E-state index contributed by atoms with van der Waals surface area (Å²) in [5.41, 5.74) is 5.17. The van der Waals surface area contributed by atoms with E-state index in [0.717, 1.165) is 5.01 Å². The van der Waals surface area contributed by atoms with E-state index in [0.29, 0.717) is 0 Å². The number of hydrogen-bond donors (Lipinski definition) is 1. The minimum atomic E-state index is -0.792. The minimum absolute atomic E-state index is 0.203. The van der Waals surface area contributed by atoms with Gasteiger partial charge in [-0.2, -0.15) is 0 Å². The van der Waals surface area contributed by atoms with E-state index in [2.05, 4.69) is 4.99 Å². The Labute approximate surface area is 51.1 Å². The van der Waals surface area contributed by atoms with Crippen LogP contribution in [-0.2, 0) is 0 Å². The van der Waals surface area contributed by atoms with Crippen molar-refractivity contribution in [2.45, 2.75) is 6.29 Å². The van der Waals surface area contributed by atoms with Gasteiger partial charge in [0, 0.05) is 6.21 Å².